The Labute approximate surface area is 192 Å². The lowest BCUT2D eigenvalue weighted by molar-refractivity contribution is 0.242. The van der Waals surface area contributed by atoms with Gasteiger partial charge in [0.2, 0.25) is 5.89 Å². The fraction of sp³-hybridized carbons (Fsp3) is 0.154. The quantitative estimate of drug-likeness (QED) is 0.340. The summed E-state index contributed by atoms with van der Waals surface area (Å²) in [5.74, 6) is 0.436. The second-order valence-electron chi connectivity index (χ2n) is 8.25. The molecular formula is C26H24ClN3O2. The second kappa shape index (κ2) is 8.52. The molecule has 0 bridgehead atoms. The minimum Gasteiger partial charge on any atom is -0.436 e. The van der Waals surface area contributed by atoms with Crippen LogP contribution in [-0.4, -0.2) is 11.0 Å². The van der Waals surface area contributed by atoms with Crippen molar-refractivity contribution in [2.24, 2.45) is 0 Å². The molecule has 0 spiro atoms. The van der Waals surface area contributed by atoms with E-state index >= 15 is 0 Å². The molecule has 4 rings (SSSR count). The maximum absolute atomic E-state index is 12.7. The number of amides is 2. The SMILES string of the molecule is C=C(C)c1cccc(C(C)(C)NC(=O)Nc2ccc3nc(-c4ccccc4Cl)oc3c2)c1. The van der Waals surface area contributed by atoms with Gasteiger partial charge in [-0.2, -0.15) is 0 Å². The third-order valence-corrected chi connectivity index (χ3v) is 5.58. The summed E-state index contributed by atoms with van der Waals surface area (Å²) in [5.41, 5.74) is 4.99. The fourth-order valence-corrected chi connectivity index (χ4v) is 3.66. The minimum atomic E-state index is -0.580. The minimum absolute atomic E-state index is 0.319. The highest BCUT2D eigenvalue weighted by molar-refractivity contribution is 6.33. The molecule has 0 aliphatic carbocycles. The largest absolute Gasteiger partial charge is 0.436 e. The average molecular weight is 446 g/mol. The Morgan fingerprint density at radius 1 is 1.06 bits per heavy atom. The number of anilines is 1. The maximum atomic E-state index is 12.7. The van der Waals surface area contributed by atoms with E-state index in [4.69, 9.17) is 16.0 Å². The van der Waals surface area contributed by atoms with Crippen LogP contribution in [0, 0.1) is 0 Å². The van der Waals surface area contributed by atoms with Crippen LogP contribution in [0.25, 0.3) is 28.1 Å². The van der Waals surface area contributed by atoms with E-state index in [1.165, 1.54) is 0 Å². The van der Waals surface area contributed by atoms with Gasteiger partial charge in [0.05, 0.1) is 16.1 Å². The molecule has 32 heavy (non-hydrogen) atoms. The molecular weight excluding hydrogens is 422 g/mol. The van der Waals surface area contributed by atoms with E-state index in [-0.39, 0.29) is 6.03 Å². The number of nitrogens with zero attached hydrogens (tertiary/aromatic N) is 1. The molecule has 6 heteroatoms. The highest BCUT2D eigenvalue weighted by atomic mass is 35.5. The third-order valence-electron chi connectivity index (χ3n) is 5.25. The lowest BCUT2D eigenvalue weighted by atomic mass is 9.92. The number of halogens is 1. The van der Waals surface area contributed by atoms with Gasteiger partial charge < -0.3 is 15.1 Å². The van der Waals surface area contributed by atoms with Crippen molar-refractivity contribution in [1.29, 1.82) is 0 Å². The summed E-state index contributed by atoms with van der Waals surface area (Å²) in [5, 5.41) is 6.47. The topological polar surface area (TPSA) is 67.2 Å². The lowest BCUT2D eigenvalue weighted by Crippen LogP contribution is -2.43. The van der Waals surface area contributed by atoms with E-state index < -0.39 is 5.54 Å². The van der Waals surface area contributed by atoms with Crippen molar-refractivity contribution >= 4 is 40.0 Å². The van der Waals surface area contributed by atoms with Crippen molar-refractivity contribution in [3.63, 3.8) is 0 Å². The first-order valence-corrected chi connectivity index (χ1v) is 10.6. The maximum Gasteiger partial charge on any atom is 0.319 e. The molecule has 4 aromatic rings. The highest BCUT2D eigenvalue weighted by Crippen LogP contribution is 2.31. The molecule has 3 aromatic carbocycles. The standard InChI is InChI=1S/C26H24ClN3O2/c1-16(2)17-8-7-9-18(14-17)26(3,4)30-25(31)28-19-12-13-22-23(15-19)32-24(29-22)20-10-5-6-11-21(20)27/h5-15H,1H2,2-4H3,(H2,28,30,31). The Hall–Kier alpha value is -3.57. The van der Waals surface area contributed by atoms with Gasteiger partial charge in [-0.3, -0.25) is 0 Å². The van der Waals surface area contributed by atoms with Crippen molar-refractivity contribution in [3.8, 4) is 11.5 Å². The molecule has 5 nitrogen and oxygen atoms in total. The zero-order valence-corrected chi connectivity index (χ0v) is 19.0. The molecule has 0 aliphatic heterocycles. The fourth-order valence-electron chi connectivity index (χ4n) is 3.44. The normalized spacial score (nSPS) is 11.4. The number of hydrogen-bond acceptors (Lipinski definition) is 3. The van der Waals surface area contributed by atoms with E-state index in [0.717, 1.165) is 22.3 Å². The van der Waals surface area contributed by atoms with Crippen LogP contribution < -0.4 is 10.6 Å². The Bertz CT molecular complexity index is 1320. The van der Waals surface area contributed by atoms with E-state index in [2.05, 4.69) is 22.2 Å². The van der Waals surface area contributed by atoms with Crippen LogP contribution in [0.3, 0.4) is 0 Å². The number of allylic oxidation sites excluding steroid dienone is 1. The first-order chi connectivity index (χ1) is 15.2. The first kappa shape index (κ1) is 21.7. The van der Waals surface area contributed by atoms with E-state index in [0.29, 0.717) is 27.7 Å². The number of carbonyl (C=O) groups is 1. The van der Waals surface area contributed by atoms with Gasteiger partial charge in [0.1, 0.15) is 5.52 Å². The zero-order chi connectivity index (χ0) is 22.9. The van der Waals surface area contributed by atoms with Crippen LogP contribution in [-0.2, 0) is 5.54 Å². The smallest absolute Gasteiger partial charge is 0.319 e. The number of urea groups is 1. The molecule has 0 saturated carbocycles. The number of carbonyl (C=O) groups excluding carboxylic acids is 1. The van der Waals surface area contributed by atoms with Crippen molar-refractivity contribution < 1.29 is 9.21 Å². The van der Waals surface area contributed by atoms with Crippen LogP contribution in [0.4, 0.5) is 10.5 Å². The number of benzene rings is 3. The van der Waals surface area contributed by atoms with Gasteiger partial charge in [-0.15, -0.1) is 0 Å². The monoisotopic (exact) mass is 445 g/mol. The third kappa shape index (κ3) is 4.53. The summed E-state index contributed by atoms with van der Waals surface area (Å²) >= 11 is 6.26. The zero-order valence-electron chi connectivity index (χ0n) is 18.2. The molecule has 2 N–H and O–H groups in total. The van der Waals surface area contributed by atoms with Gasteiger partial charge in [0.25, 0.3) is 0 Å². The van der Waals surface area contributed by atoms with Crippen LogP contribution in [0.5, 0.6) is 0 Å². The Balaban J connectivity index is 1.51. The summed E-state index contributed by atoms with van der Waals surface area (Å²) < 4.78 is 5.89. The molecule has 0 radical (unpaired) electrons. The lowest BCUT2D eigenvalue weighted by Gasteiger charge is -2.27. The highest BCUT2D eigenvalue weighted by Gasteiger charge is 2.23. The molecule has 162 valence electrons. The Morgan fingerprint density at radius 2 is 1.84 bits per heavy atom. The van der Waals surface area contributed by atoms with Crippen molar-refractivity contribution in [1.82, 2.24) is 10.3 Å². The molecule has 0 atom stereocenters. The van der Waals surface area contributed by atoms with E-state index in [1.807, 2.05) is 63.2 Å². The van der Waals surface area contributed by atoms with Crippen molar-refractivity contribution in [2.75, 3.05) is 5.32 Å². The van der Waals surface area contributed by atoms with Crippen molar-refractivity contribution in [2.45, 2.75) is 26.3 Å². The summed E-state index contributed by atoms with van der Waals surface area (Å²) in [6.07, 6.45) is 0. The molecule has 2 amide bonds. The van der Waals surface area contributed by atoms with Gasteiger partial charge in [0.15, 0.2) is 5.58 Å². The number of rotatable bonds is 5. The van der Waals surface area contributed by atoms with Gasteiger partial charge in [-0.25, -0.2) is 9.78 Å². The second-order valence-corrected chi connectivity index (χ2v) is 8.65. The predicted molar refractivity (Wildman–Crippen MR) is 131 cm³/mol. The number of nitrogens with one attached hydrogen (secondary N) is 2. The van der Waals surface area contributed by atoms with E-state index in [1.54, 1.807) is 24.3 Å². The first-order valence-electron chi connectivity index (χ1n) is 10.2. The number of oxazole rings is 1. The van der Waals surface area contributed by atoms with Crippen LogP contribution in [0.2, 0.25) is 5.02 Å². The Morgan fingerprint density at radius 3 is 2.59 bits per heavy atom. The Kier molecular flexibility index (Phi) is 5.76. The van der Waals surface area contributed by atoms with Crippen LogP contribution >= 0.6 is 11.6 Å². The number of hydrogen-bond donors (Lipinski definition) is 2. The molecule has 0 fully saturated rings. The van der Waals surface area contributed by atoms with Gasteiger partial charge in [-0.05, 0) is 62.2 Å². The van der Waals surface area contributed by atoms with Gasteiger partial charge in [0, 0.05) is 11.8 Å². The molecule has 1 heterocycles. The van der Waals surface area contributed by atoms with E-state index in [9.17, 15) is 4.79 Å². The summed E-state index contributed by atoms with van der Waals surface area (Å²) in [6.45, 7) is 9.87. The van der Waals surface area contributed by atoms with Gasteiger partial charge in [-0.1, -0.05) is 54.1 Å². The number of fused-ring (bicyclic) bond motifs is 1. The molecule has 0 saturated heterocycles. The predicted octanol–water partition coefficient (Wildman–Crippen LogP) is 7.24. The average Bonchev–Trinajstić information content (AvgIpc) is 3.16. The molecule has 0 aliphatic rings. The van der Waals surface area contributed by atoms with Crippen molar-refractivity contribution in [3.05, 3.63) is 89.5 Å². The summed E-state index contributed by atoms with van der Waals surface area (Å²) in [6, 6.07) is 20.4. The van der Waals surface area contributed by atoms with Gasteiger partial charge >= 0.3 is 6.03 Å². The molecule has 1 aromatic heterocycles. The van der Waals surface area contributed by atoms with Crippen LogP contribution in [0.1, 0.15) is 31.9 Å². The van der Waals surface area contributed by atoms with Crippen LogP contribution in [0.15, 0.2) is 77.7 Å². The summed E-state index contributed by atoms with van der Waals surface area (Å²) in [7, 11) is 0. The number of aromatic nitrogens is 1. The molecule has 0 unspecified atom stereocenters. The summed E-state index contributed by atoms with van der Waals surface area (Å²) in [4.78, 5) is 17.2.